The summed E-state index contributed by atoms with van der Waals surface area (Å²) in [7, 11) is -4.31. The number of nitrogens with zero attached hydrogens (tertiary/aromatic N) is 4. The van der Waals surface area contributed by atoms with Gasteiger partial charge in [0.25, 0.3) is 0 Å². The third-order valence-electron chi connectivity index (χ3n) is 6.54. The molecule has 1 aliphatic rings. The van der Waals surface area contributed by atoms with E-state index in [1.807, 2.05) is 24.3 Å². The van der Waals surface area contributed by atoms with E-state index in [0.717, 1.165) is 39.7 Å². The number of piperazine rings is 1. The number of sulfonamides is 1. The fourth-order valence-corrected chi connectivity index (χ4v) is 5.94. The Hall–Kier alpha value is -3.91. The summed E-state index contributed by atoms with van der Waals surface area (Å²) in [6.07, 6.45) is -3.59. The minimum absolute atomic E-state index is 0.0469. The fourth-order valence-electron chi connectivity index (χ4n) is 4.37. The molecule has 0 saturated carbocycles. The highest BCUT2D eigenvalue weighted by Crippen LogP contribution is 2.28. The molecule has 0 unspecified atom stereocenters. The van der Waals surface area contributed by atoms with Crippen molar-refractivity contribution in [3.63, 3.8) is 0 Å². The van der Waals surface area contributed by atoms with Crippen LogP contribution in [0.25, 0.3) is 0 Å². The number of amides is 1. The highest BCUT2D eigenvalue weighted by atomic mass is 32.2. The number of carbonyl (C=O) groups is 1. The van der Waals surface area contributed by atoms with Crippen LogP contribution in [0.4, 0.5) is 19.0 Å². The van der Waals surface area contributed by atoms with Gasteiger partial charge in [-0.2, -0.15) is 9.29 Å². The second-order valence-corrected chi connectivity index (χ2v) is 12.4. The molecular weight excluding hydrogens is 563 g/mol. The standard InChI is InChI=1S/C27H30F3N5O5S/c1-26(2,3)19-6-4-18(5-7-19)16-32-24(36)22-17-34(23-12-13-31-25(37)33-23)14-15-35(22)41(38,39)21-10-8-20(9-11-21)40-27(28,29)30/h4-13,22H,14-17H2,1-3H3,(H,32,36)(H,31,33,37)/t22-/m1/s1. The Labute approximate surface area is 235 Å². The normalized spacial score (nSPS) is 16.8. The number of halogens is 3. The Morgan fingerprint density at radius 2 is 1.71 bits per heavy atom. The van der Waals surface area contributed by atoms with E-state index in [1.54, 1.807) is 4.90 Å². The van der Waals surface area contributed by atoms with Crippen molar-refractivity contribution >= 4 is 21.7 Å². The molecular formula is C27H30F3N5O5S. The van der Waals surface area contributed by atoms with Crippen molar-refractivity contribution in [3.8, 4) is 11.8 Å². The van der Waals surface area contributed by atoms with Crippen LogP contribution >= 0.6 is 0 Å². The van der Waals surface area contributed by atoms with Gasteiger partial charge in [-0.15, -0.1) is 13.2 Å². The number of alkyl halides is 3. The Kier molecular flexibility index (Phi) is 8.45. The summed E-state index contributed by atoms with van der Waals surface area (Å²) in [5, 5.41) is 12.5. The molecule has 4 rings (SSSR count). The fraction of sp³-hybridized carbons (Fsp3) is 0.370. The number of anilines is 1. The van der Waals surface area contributed by atoms with Crippen LogP contribution in [-0.4, -0.2) is 65.7 Å². The number of hydrogen-bond donors (Lipinski definition) is 2. The molecule has 0 aliphatic carbocycles. The highest BCUT2D eigenvalue weighted by Gasteiger charge is 2.41. The minimum atomic E-state index is -4.93. The Morgan fingerprint density at radius 1 is 1.05 bits per heavy atom. The lowest BCUT2D eigenvalue weighted by molar-refractivity contribution is -0.274. The number of ether oxygens (including phenoxy) is 1. The van der Waals surface area contributed by atoms with Crippen LogP contribution in [0, 0.1) is 0 Å². The predicted octanol–water partition coefficient (Wildman–Crippen LogP) is 3.57. The maximum Gasteiger partial charge on any atom is 0.573 e. The largest absolute Gasteiger partial charge is 0.573 e. The van der Waals surface area contributed by atoms with Gasteiger partial charge in [0.1, 0.15) is 17.6 Å². The smallest absolute Gasteiger partial charge is 0.479 e. The van der Waals surface area contributed by atoms with Crippen LogP contribution in [0.1, 0.15) is 31.9 Å². The maximum absolute atomic E-state index is 13.6. The molecule has 3 aromatic rings. The Morgan fingerprint density at radius 3 is 2.29 bits per heavy atom. The number of rotatable bonds is 7. The molecule has 41 heavy (non-hydrogen) atoms. The summed E-state index contributed by atoms with van der Waals surface area (Å²) < 4.78 is 69.7. The van der Waals surface area contributed by atoms with Crippen LogP contribution < -0.4 is 15.0 Å². The second-order valence-electron chi connectivity index (χ2n) is 10.5. The number of benzene rings is 2. The number of carbonyl (C=O) groups excluding carboxylic acids is 1. The van der Waals surface area contributed by atoms with Crippen LogP contribution in [-0.2, 0) is 26.8 Å². The molecule has 220 valence electrons. The summed E-state index contributed by atoms with van der Waals surface area (Å²) in [6.45, 7) is 6.30. The van der Waals surface area contributed by atoms with E-state index in [0.29, 0.717) is 5.82 Å². The van der Waals surface area contributed by atoms with Gasteiger partial charge >= 0.3 is 12.4 Å². The van der Waals surface area contributed by atoms with Gasteiger partial charge in [-0.3, -0.25) is 4.79 Å². The second kappa shape index (κ2) is 11.5. The van der Waals surface area contributed by atoms with Gasteiger partial charge in [0.05, 0.1) is 4.90 Å². The first-order valence-electron chi connectivity index (χ1n) is 12.7. The molecule has 1 aliphatic heterocycles. The van der Waals surface area contributed by atoms with E-state index >= 15 is 0 Å². The van der Waals surface area contributed by atoms with E-state index in [9.17, 15) is 31.5 Å². The van der Waals surface area contributed by atoms with Crippen LogP contribution in [0.5, 0.6) is 11.8 Å². The summed E-state index contributed by atoms with van der Waals surface area (Å²) >= 11 is 0. The third-order valence-corrected chi connectivity index (χ3v) is 8.46. The van der Waals surface area contributed by atoms with Crippen molar-refractivity contribution in [2.45, 2.75) is 50.0 Å². The Balaban J connectivity index is 1.57. The predicted molar refractivity (Wildman–Crippen MR) is 144 cm³/mol. The summed E-state index contributed by atoms with van der Waals surface area (Å²) in [6, 6.07) is 11.3. The zero-order chi connectivity index (χ0) is 30.0. The molecule has 14 heteroatoms. The lowest BCUT2D eigenvalue weighted by Gasteiger charge is -2.40. The molecule has 2 N–H and O–H groups in total. The van der Waals surface area contributed by atoms with Gasteiger partial charge in [-0.05, 0) is 46.9 Å². The molecule has 1 atom stereocenters. The van der Waals surface area contributed by atoms with E-state index in [2.05, 4.69) is 40.8 Å². The number of nitrogens with one attached hydrogen (secondary N) is 1. The average molecular weight is 594 g/mol. The van der Waals surface area contributed by atoms with Crippen molar-refractivity contribution < 1.29 is 36.2 Å². The molecule has 1 fully saturated rings. The van der Waals surface area contributed by atoms with Crippen LogP contribution in [0.15, 0.2) is 65.7 Å². The summed E-state index contributed by atoms with van der Waals surface area (Å²) in [5.74, 6) is -0.844. The molecule has 0 spiro atoms. The van der Waals surface area contributed by atoms with Gasteiger partial charge in [0, 0.05) is 32.4 Å². The molecule has 1 amide bonds. The average Bonchev–Trinajstić information content (AvgIpc) is 2.90. The number of hydrogen-bond acceptors (Lipinski definition) is 8. The molecule has 0 bridgehead atoms. The SMILES string of the molecule is CC(C)(C)c1ccc(CNC(=O)[C@H]2CN(c3ccnc(O)n3)CCN2S(=O)(=O)c2ccc(OC(F)(F)F)cc2)cc1. The van der Waals surface area contributed by atoms with Gasteiger partial charge in [0.15, 0.2) is 0 Å². The van der Waals surface area contributed by atoms with E-state index in [-0.39, 0.29) is 36.5 Å². The monoisotopic (exact) mass is 593 g/mol. The summed E-state index contributed by atoms with van der Waals surface area (Å²) in [5.41, 5.74) is 1.89. The number of aromatic nitrogens is 2. The topological polar surface area (TPSA) is 125 Å². The van der Waals surface area contributed by atoms with Gasteiger partial charge < -0.3 is 20.1 Å². The maximum atomic E-state index is 13.6. The molecule has 10 nitrogen and oxygen atoms in total. The van der Waals surface area contributed by atoms with Crippen molar-refractivity contribution in [3.05, 3.63) is 71.9 Å². The van der Waals surface area contributed by atoms with Crippen LogP contribution in [0.2, 0.25) is 0 Å². The van der Waals surface area contributed by atoms with Crippen molar-refractivity contribution in [2.75, 3.05) is 24.5 Å². The van der Waals surface area contributed by atoms with E-state index < -0.39 is 40.1 Å². The van der Waals surface area contributed by atoms with Crippen molar-refractivity contribution in [1.82, 2.24) is 19.6 Å². The summed E-state index contributed by atoms with van der Waals surface area (Å²) in [4.78, 5) is 22.4. The molecule has 0 radical (unpaired) electrons. The van der Waals surface area contributed by atoms with E-state index in [1.165, 1.54) is 12.3 Å². The Bertz CT molecular complexity index is 1480. The molecule has 2 aromatic carbocycles. The minimum Gasteiger partial charge on any atom is -0.479 e. The lowest BCUT2D eigenvalue weighted by Crippen LogP contribution is -2.60. The van der Waals surface area contributed by atoms with Crippen molar-refractivity contribution in [1.29, 1.82) is 0 Å². The molecule has 2 heterocycles. The van der Waals surface area contributed by atoms with Gasteiger partial charge in [-0.1, -0.05) is 45.0 Å². The molecule has 1 saturated heterocycles. The van der Waals surface area contributed by atoms with Crippen molar-refractivity contribution in [2.24, 2.45) is 0 Å². The lowest BCUT2D eigenvalue weighted by atomic mass is 9.87. The zero-order valence-electron chi connectivity index (χ0n) is 22.6. The van der Waals surface area contributed by atoms with Crippen LogP contribution in [0.3, 0.4) is 0 Å². The van der Waals surface area contributed by atoms with Gasteiger partial charge in [0.2, 0.25) is 15.9 Å². The number of aromatic hydroxyl groups is 1. The quantitative estimate of drug-likeness (QED) is 0.426. The van der Waals surface area contributed by atoms with E-state index in [4.69, 9.17) is 0 Å². The first kappa shape index (κ1) is 30.1. The first-order valence-corrected chi connectivity index (χ1v) is 14.1. The molecule has 1 aromatic heterocycles. The third kappa shape index (κ3) is 7.44. The van der Waals surface area contributed by atoms with Gasteiger partial charge in [-0.25, -0.2) is 13.4 Å². The highest BCUT2D eigenvalue weighted by molar-refractivity contribution is 7.89. The first-order chi connectivity index (χ1) is 19.1. The zero-order valence-corrected chi connectivity index (χ0v) is 23.4.